The van der Waals surface area contributed by atoms with Gasteiger partial charge in [-0.2, -0.15) is 0 Å². The number of hydrogen-bond donors (Lipinski definition) is 0. The monoisotopic (exact) mass is 857 g/mol. The third-order valence-electron chi connectivity index (χ3n) is 13.8. The standard InChI is InChI=1S/C63H48BN3/c1-45-35-40-57-61(43-45)67(55-42-46(2)41-54(44-55)65(51-27-14-6-15-28-51)52-29-16-7-17-30-52)60-34-20-33-59-62(60)64(57)56-31-18-19-32-58(56)66(59)53-38-36-50(37-39-53)63(47-21-8-3-9-22-47,48-23-10-4-11-24-48)49-25-12-5-13-26-49/h3-44H,1-2H3. The van der Waals surface area contributed by atoms with Crippen molar-refractivity contribution in [2.45, 2.75) is 19.3 Å². The number of rotatable bonds is 9. The van der Waals surface area contributed by atoms with E-state index in [1.807, 2.05) is 0 Å². The van der Waals surface area contributed by atoms with Gasteiger partial charge >= 0.3 is 0 Å². The lowest BCUT2D eigenvalue weighted by atomic mass is 9.33. The quantitative estimate of drug-likeness (QED) is 0.106. The number of hydrogen-bond acceptors (Lipinski definition) is 3. The first kappa shape index (κ1) is 40.2. The SMILES string of the molecule is Cc1cc(N(c2ccccc2)c2ccccc2)cc(N2c3cc(C)ccc3B3c4ccccc4N(c4ccc(C(c5ccccc5)(c5ccccc5)c5ccccc5)cc4)c4cccc2c43)c1. The van der Waals surface area contributed by atoms with Crippen LogP contribution in [0, 0.1) is 13.8 Å². The Morgan fingerprint density at radius 1 is 0.328 bits per heavy atom. The number of para-hydroxylation sites is 3. The molecule has 0 fully saturated rings. The van der Waals surface area contributed by atoms with Crippen molar-refractivity contribution in [3.8, 4) is 0 Å². The lowest BCUT2D eigenvalue weighted by Crippen LogP contribution is -2.61. The molecule has 0 aliphatic carbocycles. The summed E-state index contributed by atoms with van der Waals surface area (Å²) in [7, 11) is 0. The van der Waals surface area contributed by atoms with Crippen LogP contribution in [0.15, 0.2) is 255 Å². The highest BCUT2D eigenvalue weighted by Gasteiger charge is 2.44. The van der Waals surface area contributed by atoms with Crippen molar-refractivity contribution in [3.63, 3.8) is 0 Å². The van der Waals surface area contributed by atoms with Crippen LogP contribution in [0.5, 0.6) is 0 Å². The van der Waals surface area contributed by atoms with E-state index in [-0.39, 0.29) is 6.71 Å². The third kappa shape index (κ3) is 6.67. The molecule has 318 valence electrons. The van der Waals surface area contributed by atoms with E-state index in [4.69, 9.17) is 0 Å². The van der Waals surface area contributed by atoms with Crippen molar-refractivity contribution in [1.82, 2.24) is 0 Å². The highest BCUT2D eigenvalue weighted by atomic mass is 15.2. The molecule has 0 bridgehead atoms. The zero-order valence-corrected chi connectivity index (χ0v) is 37.7. The van der Waals surface area contributed by atoms with Gasteiger partial charge in [-0.25, -0.2) is 0 Å². The molecule has 0 atom stereocenters. The Morgan fingerprint density at radius 3 is 1.36 bits per heavy atom. The van der Waals surface area contributed by atoms with Crippen molar-refractivity contribution < 1.29 is 0 Å². The number of fused-ring (bicyclic) bond motifs is 4. The van der Waals surface area contributed by atoms with E-state index >= 15 is 0 Å². The second-order valence-corrected chi connectivity index (χ2v) is 17.9. The summed E-state index contributed by atoms with van der Waals surface area (Å²) in [5, 5.41) is 0. The highest BCUT2D eigenvalue weighted by molar-refractivity contribution is 7.00. The van der Waals surface area contributed by atoms with E-state index in [1.54, 1.807) is 0 Å². The number of anilines is 9. The lowest BCUT2D eigenvalue weighted by molar-refractivity contribution is 0.745. The van der Waals surface area contributed by atoms with Gasteiger partial charge in [0.1, 0.15) is 0 Å². The number of nitrogens with zero attached hydrogens (tertiary/aromatic N) is 3. The first-order valence-electron chi connectivity index (χ1n) is 23.3. The molecule has 2 heterocycles. The Balaban J connectivity index is 1.04. The van der Waals surface area contributed by atoms with E-state index in [2.05, 4.69) is 283 Å². The fraction of sp³-hybridized carbons (Fsp3) is 0.0476. The predicted molar refractivity (Wildman–Crippen MR) is 283 cm³/mol. The second kappa shape index (κ2) is 16.6. The molecule has 0 saturated heterocycles. The molecule has 10 aromatic rings. The smallest absolute Gasteiger partial charge is 0.252 e. The summed E-state index contributed by atoms with van der Waals surface area (Å²) in [4.78, 5) is 7.38. The molecule has 0 unspecified atom stereocenters. The van der Waals surface area contributed by atoms with Crippen molar-refractivity contribution in [2.24, 2.45) is 0 Å². The molecule has 0 radical (unpaired) electrons. The van der Waals surface area contributed by atoms with E-state index in [9.17, 15) is 0 Å². The molecule has 3 nitrogen and oxygen atoms in total. The third-order valence-corrected chi connectivity index (χ3v) is 13.8. The van der Waals surface area contributed by atoms with E-state index in [0.717, 1.165) is 28.4 Å². The Bertz CT molecular complexity index is 3240. The molecule has 0 N–H and O–H groups in total. The maximum Gasteiger partial charge on any atom is 0.252 e. The van der Waals surface area contributed by atoms with Crippen molar-refractivity contribution in [1.29, 1.82) is 0 Å². The summed E-state index contributed by atoms with van der Waals surface area (Å²) in [6.45, 7) is 4.47. The Kier molecular flexibility index (Phi) is 9.95. The van der Waals surface area contributed by atoms with Crippen LogP contribution in [-0.4, -0.2) is 6.71 Å². The van der Waals surface area contributed by atoms with Gasteiger partial charge in [-0.05, 0) is 142 Å². The average molecular weight is 858 g/mol. The molecular formula is C63H48BN3. The van der Waals surface area contributed by atoms with Gasteiger partial charge in [0.25, 0.3) is 6.71 Å². The molecule has 2 aliphatic rings. The second-order valence-electron chi connectivity index (χ2n) is 17.9. The van der Waals surface area contributed by atoms with Crippen LogP contribution < -0.4 is 31.1 Å². The molecule has 0 spiro atoms. The maximum atomic E-state index is 2.52. The zero-order valence-electron chi connectivity index (χ0n) is 37.7. The largest absolute Gasteiger partial charge is 0.311 e. The highest BCUT2D eigenvalue weighted by Crippen LogP contribution is 2.48. The van der Waals surface area contributed by atoms with E-state index in [0.29, 0.717) is 0 Å². The fourth-order valence-electron chi connectivity index (χ4n) is 11.1. The van der Waals surface area contributed by atoms with Crippen molar-refractivity contribution in [3.05, 3.63) is 288 Å². The summed E-state index contributed by atoms with van der Waals surface area (Å²) >= 11 is 0. The van der Waals surface area contributed by atoms with E-state index in [1.165, 1.54) is 72.5 Å². The average Bonchev–Trinajstić information content (AvgIpc) is 3.38. The Morgan fingerprint density at radius 2 is 0.791 bits per heavy atom. The van der Waals surface area contributed by atoms with Crippen molar-refractivity contribution >= 4 is 74.3 Å². The summed E-state index contributed by atoms with van der Waals surface area (Å²) in [6, 6.07) is 93.7. The topological polar surface area (TPSA) is 9.72 Å². The van der Waals surface area contributed by atoms with Gasteiger partial charge in [0.15, 0.2) is 0 Å². The summed E-state index contributed by atoms with van der Waals surface area (Å²) in [5.41, 5.74) is 21.1. The summed E-state index contributed by atoms with van der Waals surface area (Å²) in [5.74, 6) is 0. The molecule has 10 aromatic carbocycles. The molecule has 67 heavy (non-hydrogen) atoms. The van der Waals surface area contributed by atoms with Gasteiger partial charge in [-0.3, -0.25) is 0 Å². The van der Waals surface area contributed by atoms with Crippen LogP contribution in [0.2, 0.25) is 0 Å². The Hall–Kier alpha value is -8.34. The van der Waals surface area contributed by atoms with Crippen LogP contribution in [-0.2, 0) is 5.41 Å². The van der Waals surface area contributed by atoms with Crippen LogP contribution in [0.1, 0.15) is 33.4 Å². The lowest BCUT2D eigenvalue weighted by Gasteiger charge is -2.44. The maximum absolute atomic E-state index is 2.52. The molecule has 12 rings (SSSR count). The molecular weight excluding hydrogens is 810 g/mol. The first-order valence-corrected chi connectivity index (χ1v) is 23.3. The minimum Gasteiger partial charge on any atom is -0.311 e. The molecule has 4 heteroatoms. The first-order chi connectivity index (χ1) is 33.1. The normalized spacial score (nSPS) is 12.5. The van der Waals surface area contributed by atoms with Gasteiger partial charge < -0.3 is 14.7 Å². The van der Waals surface area contributed by atoms with Gasteiger partial charge in [0, 0.05) is 51.2 Å². The Labute approximate surface area is 394 Å². The van der Waals surface area contributed by atoms with Crippen molar-refractivity contribution in [2.75, 3.05) is 14.7 Å². The minimum atomic E-state index is -0.537. The zero-order chi connectivity index (χ0) is 44.9. The van der Waals surface area contributed by atoms with E-state index < -0.39 is 5.41 Å². The fourth-order valence-corrected chi connectivity index (χ4v) is 11.1. The molecule has 0 amide bonds. The minimum absolute atomic E-state index is 0.0427. The van der Waals surface area contributed by atoms with Crippen LogP contribution in [0.4, 0.5) is 51.2 Å². The van der Waals surface area contributed by atoms with Crippen LogP contribution in [0.25, 0.3) is 0 Å². The van der Waals surface area contributed by atoms with Crippen LogP contribution >= 0.6 is 0 Å². The predicted octanol–water partition coefficient (Wildman–Crippen LogP) is 14.2. The number of aryl methyl sites for hydroxylation is 2. The van der Waals surface area contributed by atoms with Gasteiger partial charge in [0.05, 0.1) is 5.41 Å². The van der Waals surface area contributed by atoms with Gasteiger partial charge in [-0.1, -0.05) is 176 Å². The summed E-state index contributed by atoms with van der Waals surface area (Å²) < 4.78 is 0. The molecule has 0 saturated carbocycles. The van der Waals surface area contributed by atoms with Gasteiger partial charge in [-0.15, -0.1) is 0 Å². The van der Waals surface area contributed by atoms with Gasteiger partial charge in [0.2, 0.25) is 0 Å². The number of benzene rings is 10. The molecule has 2 aliphatic heterocycles. The molecule has 0 aromatic heterocycles. The van der Waals surface area contributed by atoms with Crippen LogP contribution in [0.3, 0.4) is 0 Å². The summed E-state index contributed by atoms with van der Waals surface area (Å²) in [6.07, 6.45) is 0.